The molecule has 23 nitrogen and oxygen atoms in total. The summed E-state index contributed by atoms with van der Waals surface area (Å²) in [6, 6.07) is 0. The Labute approximate surface area is 386 Å². The normalized spacial score (nSPS) is 39.3. The molecular weight excluding hydrogens is 896 g/mol. The Balaban J connectivity index is 1.27. The number of allylic oxidation sites excluding steroid dienone is 2. The third-order valence-corrected chi connectivity index (χ3v) is 13.3. The van der Waals surface area contributed by atoms with E-state index in [4.69, 9.17) is 47.4 Å². The molecule has 0 unspecified atom stereocenters. The number of rotatable bonds is 17. The van der Waals surface area contributed by atoms with E-state index in [1.165, 1.54) is 12.2 Å². The maximum Gasteiger partial charge on any atom is 0.337 e. The van der Waals surface area contributed by atoms with Crippen LogP contribution in [-0.2, 0) is 66.5 Å². The third kappa shape index (κ3) is 11.9. The van der Waals surface area contributed by atoms with Crippen molar-refractivity contribution in [2.75, 3.05) is 40.6 Å². The molecule has 4 aliphatic heterocycles. The summed E-state index contributed by atoms with van der Waals surface area (Å²) < 4.78 is 55.7. The average molecular weight is 961 g/mol. The number of aliphatic hydroxyl groups is 9. The van der Waals surface area contributed by atoms with Crippen molar-refractivity contribution >= 4 is 23.9 Å². The third-order valence-electron chi connectivity index (χ3n) is 13.3. The fourth-order valence-corrected chi connectivity index (χ4v) is 9.19. The van der Waals surface area contributed by atoms with Crippen LogP contribution in [0.4, 0.5) is 0 Å². The van der Waals surface area contributed by atoms with E-state index in [1.807, 2.05) is 0 Å². The minimum atomic E-state index is -1.78. The Morgan fingerprint density at radius 3 is 1.55 bits per heavy atom. The molecule has 5 aliphatic rings. The van der Waals surface area contributed by atoms with Crippen LogP contribution in [0, 0.1) is 35.5 Å². The van der Waals surface area contributed by atoms with Gasteiger partial charge in [-0.3, -0.25) is 9.59 Å². The number of aliphatic hydroxyl groups excluding tert-OH is 9. The van der Waals surface area contributed by atoms with Crippen LogP contribution in [0.15, 0.2) is 47.0 Å². The van der Waals surface area contributed by atoms with E-state index >= 15 is 0 Å². The summed E-state index contributed by atoms with van der Waals surface area (Å²) in [5.74, 6) is -6.83. The molecule has 378 valence electrons. The summed E-state index contributed by atoms with van der Waals surface area (Å²) in [6.07, 6.45) is -15.2. The molecule has 1 aliphatic carbocycles. The summed E-state index contributed by atoms with van der Waals surface area (Å²) >= 11 is 0. The monoisotopic (exact) mass is 960 g/mol. The second-order valence-electron chi connectivity index (χ2n) is 17.1. The van der Waals surface area contributed by atoms with Gasteiger partial charge in [0.25, 0.3) is 0 Å². The molecule has 2 saturated heterocycles. The van der Waals surface area contributed by atoms with Gasteiger partial charge < -0.3 is 93.3 Å². The molecule has 4 heterocycles. The van der Waals surface area contributed by atoms with Crippen LogP contribution in [0.25, 0.3) is 0 Å². The van der Waals surface area contributed by atoms with Crippen molar-refractivity contribution in [2.24, 2.45) is 35.5 Å². The molecule has 0 aromatic carbocycles. The van der Waals surface area contributed by atoms with Gasteiger partial charge in [-0.25, -0.2) is 9.59 Å². The first-order chi connectivity index (χ1) is 31.9. The van der Waals surface area contributed by atoms with Crippen LogP contribution in [0.2, 0.25) is 0 Å². The standard InChI is InChI=1S/C44H64O23/c1-7-20-23(26(39(56)58-5)16-61-41(20)66-43-37(54)35(52)33(50)29(13-46)64-43)10-31(48)60-15-25-19(4)28(9-22(25)18(3)12-45)63-32(49)11-24-21(8-2)42(62-17-27(24)40(57)59-6)67-44-38(55)36(53)34(51)30(14-47)65-44/h7-8,16-19,22-25,28-30,33-38,41-47,50-55H,9-15H2,1-6H3/b20-7+,21-8+/t18-,19+,22-,23-,24-,25-,28-,29+,30+,33+,34+,35-,36-,37+,38+,41-,42-,43-,44-/m0/s1. The van der Waals surface area contributed by atoms with Crippen LogP contribution in [-0.4, -0.2) is 191 Å². The van der Waals surface area contributed by atoms with Crippen molar-refractivity contribution in [2.45, 2.75) is 127 Å². The summed E-state index contributed by atoms with van der Waals surface area (Å²) in [5.41, 5.74) is 0.291. The van der Waals surface area contributed by atoms with Crippen molar-refractivity contribution in [1.29, 1.82) is 0 Å². The highest BCUT2D eigenvalue weighted by atomic mass is 16.8. The molecule has 0 aromatic heterocycles. The molecule has 0 radical (unpaired) electrons. The van der Waals surface area contributed by atoms with E-state index in [0.29, 0.717) is 0 Å². The van der Waals surface area contributed by atoms with Crippen molar-refractivity contribution in [1.82, 2.24) is 0 Å². The number of carbonyl (C=O) groups excluding carboxylic acids is 4. The molecule has 0 bridgehead atoms. The lowest BCUT2D eigenvalue weighted by molar-refractivity contribution is -0.327. The Hall–Kier alpha value is -4.08. The van der Waals surface area contributed by atoms with Gasteiger partial charge in [0.2, 0.25) is 12.6 Å². The van der Waals surface area contributed by atoms with Gasteiger partial charge in [0.1, 0.15) is 54.9 Å². The van der Waals surface area contributed by atoms with Gasteiger partial charge in [-0.1, -0.05) is 26.0 Å². The molecule has 0 spiro atoms. The van der Waals surface area contributed by atoms with Gasteiger partial charge in [-0.05, 0) is 38.0 Å². The first kappa shape index (κ1) is 53.9. The molecule has 1 saturated carbocycles. The van der Waals surface area contributed by atoms with Gasteiger partial charge in [-0.2, -0.15) is 0 Å². The van der Waals surface area contributed by atoms with E-state index in [0.717, 1.165) is 26.7 Å². The zero-order valence-electron chi connectivity index (χ0n) is 38.0. The smallest absolute Gasteiger partial charge is 0.337 e. The van der Waals surface area contributed by atoms with Crippen LogP contribution in [0.1, 0.15) is 47.0 Å². The fourth-order valence-electron chi connectivity index (χ4n) is 9.19. The molecule has 0 amide bonds. The number of ether oxygens (including phenoxy) is 10. The quantitative estimate of drug-likeness (QED) is 0.0421. The summed E-state index contributed by atoms with van der Waals surface area (Å²) in [6.45, 7) is 4.89. The molecule has 19 atom stereocenters. The minimum Gasteiger partial charge on any atom is -0.468 e. The molecule has 9 N–H and O–H groups in total. The van der Waals surface area contributed by atoms with Gasteiger partial charge in [0, 0.05) is 35.5 Å². The predicted octanol–water partition coefficient (Wildman–Crippen LogP) is -2.29. The Bertz CT molecular complexity index is 1840. The second-order valence-corrected chi connectivity index (χ2v) is 17.1. The number of hydrogen-bond acceptors (Lipinski definition) is 23. The van der Waals surface area contributed by atoms with Crippen LogP contribution in [0.3, 0.4) is 0 Å². The fraction of sp³-hybridized carbons (Fsp3) is 0.727. The van der Waals surface area contributed by atoms with E-state index < -0.39 is 154 Å². The SMILES string of the molecule is C/C=C1/[C@H](O[C@@H]2O[C@H](CO)[C@@H](O)[C@H](O)[C@H]2O)OC=C(C(=O)OC)[C@H]1CC(=O)OC[C@H]1[C@@H](C)[C@@H](OC(=O)C[C@@H]2C(C(=O)OC)=CO[C@@H](O[C@@H]3O[C@H](CO)[C@@H](O)[C@H](O)[C@H]3O)/C2=C/C)C[C@H]1[C@@H](C)CO. The highest BCUT2D eigenvalue weighted by molar-refractivity contribution is 5.91. The van der Waals surface area contributed by atoms with E-state index in [2.05, 4.69) is 0 Å². The van der Waals surface area contributed by atoms with Crippen LogP contribution >= 0.6 is 0 Å². The number of esters is 4. The highest BCUT2D eigenvalue weighted by Gasteiger charge is 2.50. The predicted molar refractivity (Wildman–Crippen MR) is 221 cm³/mol. The van der Waals surface area contributed by atoms with Crippen molar-refractivity contribution in [3.05, 3.63) is 47.0 Å². The molecule has 0 aromatic rings. The van der Waals surface area contributed by atoms with Gasteiger partial charge in [0.15, 0.2) is 12.6 Å². The van der Waals surface area contributed by atoms with Crippen LogP contribution in [0.5, 0.6) is 0 Å². The highest BCUT2D eigenvalue weighted by Crippen LogP contribution is 2.44. The Morgan fingerprint density at radius 2 is 1.15 bits per heavy atom. The topological polar surface area (TPSA) is 343 Å². The van der Waals surface area contributed by atoms with E-state index in [1.54, 1.807) is 27.7 Å². The number of methoxy groups -OCH3 is 2. The van der Waals surface area contributed by atoms with Crippen molar-refractivity contribution in [3.8, 4) is 0 Å². The largest absolute Gasteiger partial charge is 0.468 e. The van der Waals surface area contributed by atoms with Gasteiger partial charge in [0.05, 0.1) is 70.6 Å². The summed E-state index contributed by atoms with van der Waals surface area (Å²) in [5, 5.41) is 91.7. The van der Waals surface area contributed by atoms with Gasteiger partial charge in [-0.15, -0.1) is 0 Å². The Morgan fingerprint density at radius 1 is 0.701 bits per heavy atom. The van der Waals surface area contributed by atoms with Crippen molar-refractivity contribution in [3.63, 3.8) is 0 Å². The molecular formula is C44H64O23. The van der Waals surface area contributed by atoms with Gasteiger partial charge >= 0.3 is 23.9 Å². The molecule has 5 rings (SSSR count). The molecule has 3 fully saturated rings. The zero-order valence-corrected chi connectivity index (χ0v) is 38.0. The Kier molecular flexibility index (Phi) is 19.3. The second kappa shape index (κ2) is 24.0. The maximum absolute atomic E-state index is 13.9. The molecule has 67 heavy (non-hydrogen) atoms. The average Bonchev–Trinajstić information content (AvgIpc) is 3.63. The van der Waals surface area contributed by atoms with E-state index in [-0.39, 0.29) is 53.8 Å². The lowest BCUT2D eigenvalue weighted by atomic mass is 9.83. The molecule has 23 heteroatoms. The summed E-state index contributed by atoms with van der Waals surface area (Å²) in [7, 11) is 2.27. The number of hydrogen-bond donors (Lipinski definition) is 9. The van der Waals surface area contributed by atoms with Crippen molar-refractivity contribution < 1.29 is 113 Å². The summed E-state index contributed by atoms with van der Waals surface area (Å²) in [4.78, 5) is 53.4. The zero-order chi connectivity index (χ0) is 49.4. The van der Waals surface area contributed by atoms with E-state index in [9.17, 15) is 65.1 Å². The van der Waals surface area contributed by atoms with Crippen LogP contribution < -0.4 is 0 Å². The minimum absolute atomic E-state index is 0.0696. The lowest BCUT2D eigenvalue weighted by Crippen LogP contribution is -2.60. The lowest BCUT2D eigenvalue weighted by Gasteiger charge is -2.42. The maximum atomic E-state index is 13.9. The first-order valence-electron chi connectivity index (χ1n) is 22.0. The first-order valence-corrected chi connectivity index (χ1v) is 22.0. The number of carbonyl (C=O) groups is 4.